The van der Waals surface area contributed by atoms with Crippen LogP contribution in [0, 0.1) is 0 Å². The number of rotatable bonds is 6. The number of hydrogen-bond acceptors (Lipinski definition) is 6. The smallest absolute Gasteiger partial charge is 0.338 e. The van der Waals surface area contributed by atoms with Gasteiger partial charge in [0.15, 0.2) is 5.13 Å². The molecule has 1 heterocycles. The predicted octanol–water partition coefficient (Wildman–Crippen LogP) is 4.52. The van der Waals surface area contributed by atoms with Crippen molar-refractivity contribution in [2.45, 2.75) is 13.8 Å². The Hall–Kier alpha value is -3.13. The van der Waals surface area contributed by atoms with E-state index < -0.39 is 12.0 Å². The fraction of sp³-hybridized carbons (Fsp3) is 0.211. The number of esters is 1. The average Bonchev–Trinajstić information content (AvgIpc) is 3.04. The van der Waals surface area contributed by atoms with Crippen LogP contribution in [0.5, 0.6) is 5.75 Å². The lowest BCUT2D eigenvalue weighted by Crippen LogP contribution is -2.19. The van der Waals surface area contributed by atoms with E-state index >= 15 is 0 Å². The molecule has 2 N–H and O–H groups in total. The molecule has 0 fully saturated rings. The highest BCUT2D eigenvalue weighted by Gasteiger charge is 2.10. The van der Waals surface area contributed by atoms with E-state index in [1.807, 2.05) is 25.1 Å². The fourth-order valence-electron chi connectivity index (χ4n) is 2.38. The molecule has 0 radical (unpaired) electrons. The molecule has 1 aromatic heterocycles. The Morgan fingerprint density at radius 1 is 1.04 bits per heavy atom. The summed E-state index contributed by atoms with van der Waals surface area (Å²) >= 11 is 1.36. The van der Waals surface area contributed by atoms with Crippen molar-refractivity contribution < 1.29 is 19.1 Å². The van der Waals surface area contributed by atoms with Crippen molar-refractivity contribution in [3.05, 3.63) is 48.0 Å². The Bertz CT molecular complexity index is 953. The Balaban J connectivity index is 1.63. The molecule has 3 aromatic rings. The molecule has 0 bridgehead atoms. The van der Waals surface area contributed by atoms with E-state index in [1.54, 1.807) is 31.2 Å². The first-order valence-corrected chi connectivity index (χ1v) is 9.29. The van der Waals surface area contributed by atoms with Crippen molar-refractivity contribution in [2.75, 3.05) is 23.8 Å². The topological polar surface area (TPSA) is 89.5 Å². The van der Waals surface area contributed by atoms with Crippen LogP contribution < -0.4 is 15.4 Å². The molecule has 0 aliphatic rings. The number of benzene rings is 2. The van der Waals surface area contributed by atoms with E-state index in [1.165, 1.54) is 11.3 Å². The molecule has 0 atom stereocenters. The lowest BCUT2D eigenvalue weighted by Gasteiger charge is -2.06. The quantitative estimate of drug-likeness (QED) is 0.609. The molecule has 0 saturated heterocycles. The molecule has 0 spiro atoms. The zero-order valence-corrected chi connectivity index (χ0v) is 15.8. The number of thiazole rings is 1. The summed E-state index contributed by atoms with van der Waals surface area (Å²) in [6.07, 6.45) is 0. The Morgan fingerprint density at radius 3 is 2.52 bits per heavy atom. The monoisotopic (exact) mass is 385 g/mol. The molecule has 7 nitrogen and oxygen atoms in total. The second-order valence-corrected chi connectivity index (χ2v) is 6.49. The van der Waals surface area contributed by atoms with Crippen LogP contribution in [0.1, 0.15) is 24.2 Å². The number of carbonyl (C=O) groups is 2. The lowest BCUT2D eigenvalue weighted by atomic mass is 10.2. The summed E-state index contributed by atoms with van der Waals surface area (Å²) in [5.41, 5.74) is 1.77. The normalized spacial score (nSPS) is 10.4. The van der Waals surface area contributed by atoms with Gasteiger partial charge in [-0.1, -0.05) is 11.3 Å². The molecule has 0 aliphatic heterocycles. The number of nitrogens with one attached hydrogen (secondary N) is 2. The summed E-state index contributed by atoms with van der Waals surface area (Å²) in [6, 6.07) is 11.7. The second kappa shape index (κ2) is 8.50. The van der Waals surface area contributed by atoms with E-state index in [0.29, 0.717) is 29.6 Å². The van der Waals surface area contributed by atoms with Crippen molar-refractivity contribution in [2.24, 2.45) is 0 Å². The van der Waals surface area contributed by atoms with Crippen molar-refractivity contribution in [3.63, 3.8) is 0 Å². The van der Waals surface area contributed by atoms with E-state index in [9.17, 15) is 9.59 Å². The van der Waals surface area contributed by atoms with Crippen LogP contribution in [0.2, 0.25) is 0 Å². The summed E-state index contributed by atoms with van der Waals surface area (Å²) in [7, 11) is 0. The maximum absolute atomic E-state index is 12.2. The van der Waals surface area contributed by atoms with Crippen LogP contribution in [0.15, 0.2) is 42.5 Å². The molecule has 27 heavy (non-hydrogen) atoms. The van der Waals surface area contributed by atoms with Gasteiger partial charge in [-0.05, 0) is 56.3 Å². The van der Waals surface area contributed by atoms with Gasteiger partial charge < -0.3 is 14.8 Å². The van der Waals surface area contributed by atoms with Crippen LogP contribution in [-0.4, -0.2) is 30.2 Å². The molecule has 3 rings (SSSR count). The zero-order valence-electron chi connectivity index (χ0n) is 14.9. The minimum atomic E-state index is -0.414. The number of urea groups is 1. The van der Waals surface area contributed by atoms with Crippen molar-refractivity contribution >= 4 is 44.4 Å². The SMILES string of the molecule is CCOC(=O)c1ccc(NC(=O)Nc2nc3ccc(OCC)cc3s2)cc1. The van der Waals surface area contributed by atoms with Gasteiger partial charge in [0.1, 0.15) is 5.75 Å². The number of carbonyl (C=O) groups excluding carboxylic acids is 2. The van der Waals surface area contributed by atoms with Crippen molar-refractivity contribution in [3.8, 4) is 5.75 Å². The molecule has 0 aliphatic carbocycles. The van der Waals surface area contributed by atoms with E-state index in [-0.39, 0.29) is 0 Å². The van der Waals surface area contributed by atoms with Gasteiger partial charge >= 0.3 is 12.0 Å². The Labute approximate surface area is 160 Å². The molecule has 0 unspecified atom stereocenters. The largest absolute Gasteiger partial charge is 0.494 e. The minimum absolute atomic E-state index is 0.315. The summed E-state index contributed by atoms with van der Waals surface area (Å²) in [5, 5.41) is 5.90. The van der Waals surface area contributed by atoms with Gasteiger partial charge in [-0.3, -0.25) is 5.32 Å². The van der Waals surface area contributed by atoms with Gasteiger partial charge in [-0.2, -0.15) is 0 Å². The van der Waals surface area contributed by atoms with E-state index in [2.05, 4.69) is 15.6 Å². The first kappa shape index (κ1) is 18.7. The highest BCUT2D eigenvalue weighted by atomic mass is 32.1. The van der Waals surface area contributed by atoms with E-state index in [4.69, 9.17) is 9.47 Å². The van der Waals surface area contributed by atoms with Crippen LogP contribution in [0.3, 0.4) is 0 Å². The number of fused-ring (bicyclic) bond motifs is 1. The standard InChI is InChI=1S/C19H19N3O4S/c1-3-25-14-9-10-15-16(11-14)27-19(21-15)22-18(24)20-13-7-5-12(6-8-13)17(23)26-4-2/h5-11H,3-4H2,1-2H3,(H2,20,21,22,24). The molecular formula is C19H19N3O4S. The average molecular weight is 385 g/mol. The van der Waals surface area contributed by atoms with Gasteiger partial charge in [0, 0.05) is 5.69 Å². The third-order valence-electron chi connectivity index (χ3n) is 3.55. The molecular weight excluding hydrogens is 366 g/mol. The number of nitrogens with zero attached hydrogens (tertiary/aromatic N) is 1. The van der Waals surface area contributed by atoms with Crippen molar-refractivity contribution in [1.82, 2.24) is 4.98 Å². The Morgan fingerprint density at radius 2 is 1.81 bits per heavy atom. The molecule has 8 heteroatoms. The van der Waals surface area contributed by atoms with Crippen molar-refractivity contribution in [1.29, 1.82) is 0 Å². The summed E-state index contributed by atoms with van der Waals surface area (Å²) in [4.78, 5) is 28.2. The number of aromatic nitrogens is 1. The Kier molecular flexibility index (Phi) is 5.87. The van der Waals surface area contributed by atoms with Gasteiger partial charge in [0.05, 0.1) is 29.0 Å². The van der Waals surface area contributed by atoms with Gasteiger partial charge in [0.25, 0.3) is 0 Å². The van der Waals surface area contributed by atoms with Crippen LogP contribution in [0.25, 0.3) is 10.2 Å². The highest BCUT2D eigenvalue weighted by Crippen LogP contribution is 2.29. The summed E-state index contributed by atoms with van der Waals surface area (Å²) < 4.78 is 11.3. The third-order valence-corrected chi connectivity index (χ3v) is 4.48. The number of anilines is 2. The van der Waals surface area contributed by atoms with E-state index in [0.717, 1.165) is 16.0 Å². The van der Waals surface area contributed by atoms with Gasteiger partial charge in [-0.15, -0.1) is 0 Å². The first-order chi connectivity index (χ1) is 13.1. The highest BCUT2D eigenvalue weighted by molar-refractivity contribution is 7.22. The minimum Gasteiger partial charge on any atom is -0.494 e. The van der Waals surface area contributed by atoms with Crippen LogP contribution in [0.4, 0.5) is 15.6 Å². The maximum Gasteiger partial charge on any atom is 0.338 e. The molecule has 140 valence electrons. The number of ether oxygens (including phenoxy) is 2. The van der Waals surface area contributed by atoms with Gasteiger partial charge in [-0.25, -0.2) is 14.6 Å². The first-order valence-electron chi connectivity index (χ1n) is 8.47. The summed E-state index contributed by atoms with van der Waals surface area (Å²) in [5.74, 6) is 0.376. The lowest BCUT2D eigenvalue weighted by molar-refractivity contribution is 0.0526. The fourth-order valence-corrected chi connectivity index (χ4v) is 3.27. The predicted molar refractivity (Wildman–Crippen MR) is 106 cm³/mol. The second-order valence-electron chi connectivity index (χ2n) is 5.46. The van der Waals surface area contributed by atoms with Crippen LogP contribution in [-0.2, 0) is 4.74 Å². The molecule has 0 saturated carbocycles. The van der Waals surface area contributed by atoms with Gasteiger partial charge in [0.2, 0.25) is 0 Å². The summed E-state index contributed by atoms with van der Waals surface area (Å²) in [6.45, 7) is 4.58. The molecule has 2 aromatic carbocycles. The van der Waals surface area contributed by atoms with Crippen LogP contribution >= 0.6 is 11.3 Å². The maximum atomic E-state index is 12.2. The number of amides is 2. The number of hydrogen-bond donors (Lipinski definition) is 2. The zero-order chi connectivity index (χ0) is 19.2. The third kappa shape index (κ3) is 4.73. The molecule has 2 amide bonds.